The molecule has 0 saturated carbocycles. The summed E-state index contributed by atoms with van der Waals surface area (Å²) in [6, 6.07) is 8.19. The first-order chi connectivity index (χ1) is 8.11. The summed E-state index contributed by atoms with van der Waals surface area (Å²) in [4.78, 5) is 14.0. The smallest absolute Gasteiger partial charge is 0.289 e. The molecule has 0 amide bonds. The molecule has 4 heteroatoms. The summed E-state index contributed by atoms with van der Waals surface area (Å²) in [6.07, 6.45) is 1.12. The van der Waals surface area contributed by atoms with E-state index in [2.05, 4.69) is 36.1 Å². The lowest BCUT2D eigenvalue weighted by Crippen LogP contribution is -2.13. The number of aromatic nitrogens is 3. The molecule has 2 aromatic rings. The minimum atomic E-state index is -0.189. The molecule has 0 aliphatic rings. The number of H-pyrrole nitrogens is 1. The first kappa shape index (κ1) is 11.6. The first-order valence-corrected chi connectivity index (χ1v) is 5.85. The molecular formula is C13H17N3O. The second kappa shape index (κ2) is 4.57. The van der Waals surface area contributed by atoms with E-state index < -0.39 is 0 Å². The molecule has 0 bridgehead atoms. The van der Waals surface area contributed by atoms with Crippen molar-refractivity contribution in [2.45, 2.75) is 26.2 Å². The highest BCUT2D eigenvalue weighted by molar-refractivity contribution is 5.54. The molecule has 1 unspecified atom stereocenters. The average Bonchev–Trinajstić information content (AvgIpc) is 2.69. The van der Waals surface area contributed by atoms with E-state index in [9.17, 15) is 4.79 Å². The molecule has 1 N–H and O–H groups in total. The highest BCUT2D eigenvalue weighted by Gasteiger charge is 2.06. The number of nitrogens with zero attached hydrogens (tertiary/aromatic N) is 2. The van der Waals surface area contributed by atoms with E-state index in [4.69, 9.17) is 0 Å². The Bertz CT molecular complexity index is 551. The van der Waals surface area contributed by atoms with Gasteiger partial charge in [-0.05, 0) is 17.9 Å². The van der Waals surface area contributed by atoms with Crippen LogP contribution in [0.3, 0.4) is 0 Å². The van der Waals surface area contributed by atoms with Crippen LogP contribution in [0.1, 0.15) is 31.7 Å². The number of hydrogen-bond acceptors (Lipinski definition) is 2. The molecular weight excluding hydrogens is 214 g/mol. The number of aryl methyl sites for hydroxylation is 1. The molecule has 17 heavy (non-hydrogen) atoms. The van der Waals surface area contributed by atoms with Gasteiger partial charge in [0.05, 0.1) is 0 Å². The quantitative estimate of drug-likeness (QED) is 0.881. The van der Waals surface area contributed by atoms with Gasteiger partial charge in [0.2, 0.25) is 0 Å². The van der Waals surface area contributed by atoms with Crippen molar-refractivity contribution in [2.24, 2.45) is 7.05 Å². The van der Waals surface area contributed by atoms with E-state index in [-0.39, 0.29) is 5.69 Å². The van der Waals surface area contributed by atoms with Gasteiger partial charge < -0.3 is 0 Å². The summed E-state index contributed by atoms with van der Waals surface area (Å²) in [6.45, 7) is 4.38. The highest BCUT2D eigenvalue weighted by Crippen LogP contribution is 2.21. The third kappa shape index (κ3) is 2.30. The maximum Gasteiger partial charge on any atom is 0.343 e. The van der Waals surface area contributed by atoms with Gasteiger partial charge in [0, 0.05) is 12.6 Å². The summed E-state index contributed by atoms with van der Waals surface area (Å²) >= 11 is 0. The Kier molecular flexibility index (Phi) is 3.13. The summed E-state index contributed by atoms with van der Waals surface area (Å²) in [5.41, 5.74) is 2.07. The van der Waals surface area contributed by atoms with E-state index in [1.807, 2.05) is 12.1 Å². The van der Waals surface area contributed by atoms with Crippen LogP contribution in [-0.2, 0) is 7.05 Å². The lowest BCUT2D eigenvalue weighted by molar-refractivity contribution is 0.732. The SMILES string of the molecule is CCC(C)c1ccc(-c2nn(C)c(=O)[nH]2)cc1. The van der Waals surface area contributed by atoms with E-state index in [1.165, 1.54) is 10.2 Å². The third-order valence-corrected chi connectivity index (χ3v) is 3.13. The van der Waals surface area contributed by atoms with Crippen LogP contribution in [0, 0.1) is 0 Å². The Morgan fingerprint density at radius 1 is 1.35 bits per heavy atom. The van der Waals surface area contributed by atoms with Crippen molar-refractivity contribution in [1.29, 1.82) is 0 Å². The predicted molar refractivity (Wildman–Crippen MR) is 68.0 cm³/mol. The molecule has 0 radical (unpaired) electrons. The molecule has 0 saturated heterocycles. The summed E-state index contributed by atoms with van der Waals surface area (Å²) < 4.78 is 1.30. The fourth-order valence-corrected chi connectivity index (χ4v) is 1.74. The summed E-state index contributed by atoms with van der Waals surface area (Å²) in [7, 11) is 1.63. The Balaban J connectivity index is 2.32. The minimum Gasteiger partial charge on any atom is -0.289 e. The van der Waals surface area contributed by atoms with E-state index in [0.717, 1.165) is 12.0 Å². The van der Waals surface area contributed by atoms with Gasteiger partial charge in [0.1, 0.15) is 0 Å². The van der Waals surface area contributed by atoms with E-state index in [1.54, 1.807) is 7.05 Å². The summed E-state index contributed by atoms with van der Waals surface area (Å²) in [5.74, 6) is 1.18. The van der Waals surface area contributed by atoms with Gasteiger partial charge in [-0.25, -0.2) is 9.48 Å². The first-order valence-electron chi connectivity index (χ1n) is 5.85. The fourth-order valence-electron chi connectivity index (χ4n) is 1.74. The Labute approximate surface area is 100 Å². The zero-order valence-corrected chi connectivity index (χ0v) is 10.4. The second-order valence-electron chi connectivity index (χ2n) is 4.33. The van der Waals surface area contributed by atoms with Crippen molar-refractivity contribution in [2.75, 3.05) is 0 Å². The average molecular weight is 231 g/mol. The molecule has 4 nitrogen and oxygen atoms in total. The normalized spacial score (nSPS) is 12.6. The van der Waals surface area contributed by atoms with Gasteiger partial charge in [-0.2, -0.15) is 5.10 Å². The maximum absolute atomic E-state index is 11.3. The predicted octanol–water partition coefficient (Wildman–Crippen LogP) is 2.29. The molecule has 90 valence electrons. The molecule has 1 aromatic carbocycles. The molecule has 0 aliphatic carbocycles. The number of rotatable bonds is 3. The molecule has 0 spiro atoms. The fraction of sp³-hybridized carbons (Fsp3) is 0.385. The lowest BCUT2D eigenvalue weighted by Gasteiger charge is -2.08. The molecule has 1 aromatic heterocycles. The van der Waals surface area contributed by atoms with Crippen LogP contribution in [0.4, 0.5) is 0 Å². The van der Waals surface area contributed by atoms with Crippen LogP contribution in [0.25, 0.3) is 11.4 Å². The van der Waals surface area contributed by atoms with Gasteiger partial charge in [0.15, 0.2) is 5.82 Å². The zero-order chi connectivity index (χ0) is 12.4. The van der Waals surface area contributed by atoms with Crippen LogP contribution in [0.5, 0.6) is 0 Å². The molecule has 0 fully saturated rings. The van der Waals surface area contributed by atoms with E-state index in [0.29, 0.717) is 11.7 Å². The third-order valence-electron chi connectivity index (χ3n) is 3.13. The Morgan fingerprint density at radius 2 is 2.00 bits per heavy atom. The maximum atomic E-state index is 11.3. The van der Waals surface area contributed by atoms with Crippen molar-refractivity contribution in [3.05, 3.63) is 40.3 Å². The monoisotopic (exact) mass is 231 g/mol. The number of benzene rings is 1. The molecule has 1 heterocycles. The van der Waals surface area contributed by atoms with Crippen molar-refractivity contribution < 1.29 is 0 Å². The van der Waals surface area contributed by atoms with Crippen LogP contribution < -0.4 is 5.69 Å². The van der Waals surface area contributed by atoms with Crippen LogP contribution in [-0.4, -0.2) is 14.8 Å². The Morgan fingerprint density at radius 3 is 2.47 bits per heavy atom. The zero-order valence-electron chi connectivity index (χ0n) is 10.4. The van der Waals surface area contributed by atoms with Gasteiger partial charge in [-0.1, -0.05) is 38.1 Å². The molecule has 1 atom stereocenters. The second-order valence-corrected chi connectivity index (χ2v) is 4.33. The van der Waals surface area contributed by atoms with Gasteiger partial charge in [-0.15, -0.1) is 0 Å². The highest BCUT2D eigenvalue weighted by atomic mass is 16.1. The summed E-state index contributed by atoms with van der Waals surface area (Å²) in [5, 5.41) is 4.12. The number of nitrogens with one attached hydrogen (secondary N) is 1. The van der Waals surface area contributed by atoms with Crippen LogP contribution in [0.15, 0.2) is 29.1 Å². The van der Waals surface area contributed by atoms with Gasteiger partial charge in [0.25, 0.3) is 0 Å². The van der Waals surface area contributed by atoms with Crippen LogP contribution >= 0.6 is 0 Å². The number of aromatic amines is 1. The van der Waals surface area contributed by atoms with Crippen LogP contribution in [0.2, 0.25) is 0 Å². The van der Waals surface area contributed by atoms with E-state index >= 15 is 0 Å². The Hall–Kier alpha value is -1.84. The standard InChI is InChI=1S/C13H17N3O/c1-4-9(2)10-5-7-11(8-6-10)12-14-13(17)16(3)15-12/h5-9H,4H2,1-3H3,(H,14,15,17). The topological polar surface area (TPSA) is 50.7 Å². The van der Waals surface area contributed by atoms with Crippen molar-refractivity contribution in [3.8, 4) is 11.4 Å². The lowest BCUT2D eigenvalue weighted by atomic mass is 9.97. The van der Waals surface area contributed by atoms with Crippen molar-refractivity contribution in [3.63, 3.8) is 0 Å². The van der Waals surface area contributed by atoms with Gasteiger partial charge in [-0.3, -0.25) is 4.98 Å². The molecule has 0 aliphatic heterocycles. The van der Waals surface area contributed by atoms with Gasteiger partial charge >= 0.3 is 5.69 Å². The minimum absolute atomic E-state index is 0.189. The molecule has 2 rings (SSSR count). The van der Waals surface area contributed by atoms with Crippen molar-refractivity contribution >= 4 is 0 Å². The van der Waals surface area contributed by atoms with Crippen molar-refractivity contribution in [1.82, 2.24) is 14.8 Å². The number of hydrogen-bond donors (Lipinski definition) is 1. The largest absolute Gasteiger partial charge is 0.343 e.